The Kier molecular flexibility index (Phi) is 3.79. The lowest BCUT2D eigenvalue weighted by Gasteiger charge is -2.22. The molecule has 0 atom stereocenters. The lowest BCUT2D eigenvalue weighted by molar-refractivity contribution is 0.0944. The molecule has 2 aromatic rings. The lowest BCUT2D eigenvalue weighted by atomic mass is 9.98. The standard InChI is InChI=1S/C15H20N4O2/c1-19-13-8-11(2-3-12(13)18-15(19)21)14(20)17-9-10-4-6-16-7-5-10/h2-3,8,10,16H,4-7,9H2,1H3,(H,17,20)(H,18,21). The first-order valence-electron chi connectivity index (χ1n) is 7.33. The van der Waals surface area contributed by atoms with Crippen LogP contribution in [0.25, 0.3) is 11.0 Å². The van der Waals surface area contributed by atoms with Crippen molar-refractivity contribution < 1.29 is 4.79 Å². The highest BCUT2D eigenvalue weighted by Crippen LogP contribution is 2.13. The van der Waals surface area contributed by atoms with Gasteiger partial charge in [0.1, 0.15) is 0 Å². The number of aryl methyl sites for hydroxylation is 1. The van der Waals surface area contributed by atoms with Gasteiger partial charge in [-0.05, 0) is 50.0 Å². The molecule has 6 nitrogen and oxygen atoms in total. The summed E-state index contributed by atoms with van der Waals surface area (Å²) in [5.74, 6) is 0.472. The summed E-state index contributed by atoms with van der Waals surface area (Å²) < 4.78 is 1.51. The summed E-state index contributed by atoms with van der Waals surface area (Å²) in [6, 6.07) is 5.28. The highest BCUT2D eigenvalue weighted by molar-refractivity contribution is 5.97. The summed E-state index contributed by atoms with van der Waals surface area (Å²) in [5, 5.41) is 6.31. The Morgan fingerprint density at radius 2 is 2.14 bits per heavy atom. The summed E-state index contributed by atoms with van der Waals surface area (Å²) >= 11 is 0. The van der Waals surface area contributed by atoms with E-state index in [0.29, 0.717) is 18.0 Å². The number of imidazole rings is 1. The Hall–Kier alpha value is -2.08. The highest BCUT2D eigenvalue weighted by atomic mass is 16.2. The molecule has 112 valence electrons. The van der Waals surface area contributed by atoms with Crippen LogP contribution in [0.3, 0.4) is 0 Å². The molecule has 0 bridgehead atoms. The van der Waals surface area contributed by atoms with Crippen LogP contribution in [0.1, 0.15) is 23.2 Å². The smallest absolute Gasteiger partial charge is 0.326 e. The van der Waals surface area contributed by atoms with Crippen molar-refractivity contribution in [2.75, 3.05) is 19.6 Å². The van der Waals surface area contributed by atoms with Gasteiger partial charge < -0.3 is 15.6 Å². The molecule has 1 aromatic heterocycles. The first kappa shape index (κ1) is 13.9. The molecule has 21 heavy (non-hydrogen) atoms. The average Bonchev–Trinajstić information content (AvgIpc) is 2.80. The number of fused-ring (bicyclic) bond motifs is 1. The maximum absolute atomic E-state index is 12.2. The molecule has 0 unspecified atom stereocenters. The average molecular weight is 288 g/mol. The summed E-state index contributed by atoms with van der Waals surface area (Å²) in [4.78, 5) is 26.5. The van der Waals surface area contributed by atoms with Crippen molar-refractivity contribution in [3.05, 3.63) is 34.2 Å². The summed E-state index contributed by atoms with van der Waals surface area (Å²) in [6.07, 6.45) is 2.21. The molecule has 1 aliphatic rings. The van der Waals surface area contributed by atoms with Crippen molar-refractivity contribution in [3.8, 4) is 0 Å². The maximum Gasteiger partial charge on any atom is 0.326 e. The first-order chi connectivity index (χ1) is 10.1. The Morgan fingerprint density at radius 3 is 2.90 bits per heavy atom. The fourth-order valence-electron chi connectivity index (χ4n) is 2.79. The quantitative estimate of drug-likeness (QED) is 0.773. The normalized spacial score (nSPS) is 16.2. The third-order valence-electron chi connectivity index (χ3n) is 4.18. The van der Waals surface area contributed by atoms with E-state index in [-0.39, 0.29) is 11.6 Å². The second-order valence-electron chi connectivity index (χ2n) is 5.62. The van der Waals surface area contributed by atoms with Crippen molar-refractivity contribution in [3.63, 3.8) is 0 Å². The second-order valence-corrected chi connectivity index (χ2v) is 5.62. The molecule has 2 heterocycles. The number of hydrogen-bond acceptors (Lipinski definition) is 3. The molecule has 6 heteroatoms. The van der Waals surface area contributed by atoms with Crippen molar-refractivity contribution in [2.45, 2.75) is 12.8 Å². The van der Waals surface area contributed by atoms with Crippen LogP contribution in [-0.4, -0.2) is 35.1 Å². The number of carbonyl (C=O) groups is 1. The number of benzene rings is 1. The number of nitrogens with one attached hydrogen (secondary N) is 3. The van der Waals surface area contributed by atoms with E-state index in [9.17, 15) is 9.59 Å². The van der Waals surface area contributed by atoms with E-state index < -0.39 is 0 Å². The number of carbonyl (C=O) groups excluding carboxylic acids is 1. The summed E-state index contributed by atoms with van der Waals surface area (Å²) in [6.45, 7) is 2.76. The van der Waals surface area contributed by atoms with Crippen LogP contribution in [0.2, 0.25) is 0 Å². The number of amides is 1. The molecule has 0 saturated carbocycles. The number of rotatable bonds is 3. The number of hydrogen-bond donors (Lipinski definition) is 3. The van der Waals surface area contributed by atoms with Gasteiger partial charge in [-0.15, -0.1) is 0 Å². The molecule has 1 aromatic carbocycles. The SMILES string of the molecule is Cn1c(=O)[nH]c2ccc(C(=O)NCC3CCNCC3)cc21. The van der Waals surface area contributed by atoms with E-state index in [0.717, 1.165) is 37.0 Å². The van der Waals surface area contributed by atoms with Crippen LogP contribution in [0.5, 0.6) is 0 Å². The van der Waals surface area contributed by atoms with Crippen LogP contribution in [0, 0.1) is 5.92 Å². The fourth-order valence-corrected chi connectivity index (χ4v) is 2.79. The molecule has 1 fully saturated rings. The molecule has 0 spiro atoms. The van der Waals surface area contributed by atoms with Gasteiger partial charge in [-0.3, -0.25) is 9.36 Å². The molecule has 0 aliphatic carbocycles. The zero-order valence-corrected chi connectivity index (χ0v) is 12.1. The third kappa shape index (κ3) is 2.85. The van der Waals surface area contributed by atoms with Crippen molar-refractivity contribution >= 4 is 16.9 Å². The molecular weight excluding hydrogens is 268 g/mol. The molecule has 1 amide bonds. The van der Waals surface area contributed by atoms with Crippen LogP contribution in [-0.2, 0) is 7.05 Å². The second kappa shape index (κ2) is 5.73. The minimum atomic E-state index is -0.169. The zero-order chi connectivity index (χ0) is 14.8. The van der Waals surface area contributed by atoms with E-state index in [1.165, 1.54) is 4.57 Å². The minimum Gasteiger partial charge on any atom is -0.352 e. The molecule has 3 rings (SSSR count). The summed E-state index contributed by atoms with van der Waals surface area (Å²) in [7, 11) is 1.69. The first-order valence-corrected chi connectivity index (χ1v) is 7.33. The molecular formula is C15H20N4O2. The number of nitrogens with zero attached hydrogens (tertiary/aromatic N) is 1. The van der Waals surface area contributed by atoms with Gasteiger partial charge in [0.25, 0.3) is 5.91 Å². The topological polar surface area (TPSA) is 78.9 Å². The van der Waals surface area contributed by atoms with Crippen molar-refractivity contribution in [2.24, 2.45) is 13.0 Å². The zero-order valence-electron chi connectivity index (χ0n) is 12.1. The minimum absolute atomic E-state index is 0.0796. The van der Waals surface area contributed by atoms with Gasteiger partial charge in [0.05, 0.1) is 11.0 Å². The maximum atomic E-state index is 12.2. The van der Waals surface area contributed by atoms with Crippen LogP contribution in [0.15, 0.2) is 23.0 Å². The van der Waals surface area contributed by atoms with Crippen LogP contribution < -0.4 is 16.3 Å². The van der Waals surface area contributed by atoms with E-state index in [2.05, 4.69) is 15.6 Å². The largest absolute Gasteiger partial charge is 0.352 e. The predicted octanol–water partition coefficient (Wildman–Crippen LogP) is 0.596. The number of aromatic nitrogens is 2. The van der Waals surface area contributed by atoms with E-state index in [1.807, 2.05) is 0 Å². The Labute approximate surface area is 122 Å². The van der Waals surface area contributed by atoms with Gasteiger partial charge in [0.15, 0.2) is 0 Å². The van der Waals surface area contributed by atoms with Gasteiger partial charge in [0.2, 0.25) is 0 Å². The van der Waals surface area contributed by atoms with Gasteiger partial charge in [-0.25, -0.2) is 4.79 Å². The fraction of sp³-hybridized carbons (Fsp3) is 0.467. The van der Waals surface area contributed by atoms with E-state index in [1.54, 1.807) is 25.2 Å². The summed E-state index contributed by atoms with van der Waals surface area (Å²) in [5.41, 5.74) is 1.91. The van der Waals surface area contributed by atoms with Crippen molar-refractivity contribution in [1.82, 2.24) is 20.2 Å². The van der Waals surface area contributed by atoms with Crippen molar-refractivity contribution in [1.29, 1.82) is 0 Å². The molecule has 1 saturated heterocycles. The third-order valence-corrected chi connectivity index (χ3v) is 4.18. The lowest BCUT2D eigenvalue weighted by Crippen LogP contribution is -2.35. The monoisotopic (exact) mass is 288 g/mol. The molecule has 1 aliphatic heterocycles. The Morgan fingerprint density at radius 1 is 1.38 bits per heavy atom. The van der Waals surface area contributed by atoms with Gasteiger partial charge in [-0.2, -0.15) is 0 Å². The van der Waals surface area contributed by atoms with Gasteiger partial charge >= 0.3 is 5.69 Å². The highest BCUT2D eigenvalue weighted by Gasteiger charge is 2.15. The number of piperidine rings is 1. The Bertz CT molecular complexity index is 710. The number of H-pyrrole nitrogens is 1. The van der Waals surface area contributed by atoms with Gasteiger partial charge in [0, 0.05) is 19.2 Å². The van der Waals surface area contributed by atoms with Crippen LogP contribution in [0.4, 0.5) is 0 Å². The van der Waals surface area contributed by atoms with Gasteiger partial charge in [-0.1, -0.05) is 0 Å². The predicted molar refractivity (Wildman–Crippen MR) is 81.5 cm³/mol. The van der Waals surface area contributed by atoms with E-state index in [4.69, 9.17) is 0 Å². The Balaban J connectivity index is 1.72. The molecule has 3 N–H and O–H groups in total. The van der Waals surface area contributed by atoms with E-state index >= 15 is 0 Å². The molecule has 0 radical (unpaired) electrons. The number of aromatic amines is 1. The van der Waals surface area contributed by atoms with Crippen LogP contribution >= 0.6 is 0 Å².